The molecule has 0 saturated heterocycles. The van der Waals surface area contributed by atoms with Gasteiger partial charge in [0, 0.05) is 18.6 Å². The van der Waals surface area contributed by atoms with E-state index in [1.807, 2.05) is 6.07 Å². The highest BCUT2D eigenvalue weighted by Crippen LogP contribution is 2.30. The zero-order valence-corrected chi connectivity index (χ0v) is 24.9. The lowest BCUT2D eigenvalue weighted by atomic mass is 9.88. The molecule has 228 valence electrons. The van der Waals surface area contributed by atoms with Crippen molar-refractivity contribution in [1.29, 1.82) is 0 Å². The molecule has 0 fully saturated rings. The second kappa shape index (κ2) is 15.6. The Morgan fingerprint density at radius 1 is 0.773 bits per heavy atom. The van der Waals surface area contributed by atoms with E-state index in [9.17, 15) is 19.2 Å². The number of esters is 4. The van der Waals surface area contributed by atoms with E-state index in [0.717, 1.165) is 23.3 Å². The number of unbranched alkanes of at least 4 members (excludes halogenated alkanes) is 1. The summed E-state index contributed by atoms with van der Waals surface area (Å²) in [6.45, 7) is 7.49. The molecule has 1 aliphatic carbocycles. The third kappa shape index (κ3) is 9.08. The van der Waals surface area contributed by atoms with Crippen LogP contribution in [0.2, 0.25) is 0 Å². The van der Waals surface area contributed by atoms with Crippen LogP contribution in [0.1, 0.15) is 51.1 Å². The molecule has 0 bridgehead atoms. The van der Waals surface area contributed by atoms with Gasteiger partial charge in [0.15, 0.2) is 0 Å². The minimum atomic E-state index is -0.575. The summed E-state index contributed by atoms with van der Waals surface area (Å²) in [4.78, 5) is 48.4. The fourth-order valence-corrected chi connectivity index (χ4v) is 4.69. The summed E-state index contributed by atoms with van der Waals surface area (Å²) in [6.07, 6.45) is 5.28. The average molecular weight is 617 g/mol. The number of fused-ring (bicyclic) bond motifs is 1. The van der Waals surface area contributed by atoms with Crippen LogP contribution in [0, 0.1) is 0 Å². The average Bonchev–Trinajstić information content (AvgIpc) is 3.03. The lowest BCUT2D eigenvalue weighted by Crippen LogP contribution is -2.25. The van der Waals surface area contributed by atoms with Gasteiger partial charge in [-0.1, -0.05) is 19.2 Å². The Hall–Kier alpha value is -4.83. The van der Waals surface area contributed by atoms with Crippen LogP contribution < -0.4 is 14.2 Å². The molecule has 10 heteroatoms. The van der Waals surface area contributed by atoms with E-state index < -0.39 is 23.9 Å². The molecule has 0 amide bonds. The van der Waals surface area contributed by atoms with Crippen LogP contribution in [0.25, 0.3) is 0 Å². The van der Waals surface area contributed by atoms with Gasteiger partial charge in [-0.15, -0.1) is 12.6 Å². The van der Waals surface area contributed by atoms with Gasteiger partial charge in [0.05, 0.1) is 29.2 Å². The quantitative estimate of drug-likeness (QED) is 0.0826. The van der Waals surface area contributed by atoms with E-state index >= 15 is 0 Å². The van der Waals surface area contributed by atoms with Gasteiger partial charge in [0.1, 0.15) is 23.4 Å². The van der Waals surface area contributed by atoms with Crippen molar-refractivity contribution < 1.29 is 42.9 Å². The van der Waals surface area contributed by atoms with Crippen LogP contribution in [-0.2, 0) is 31.9 Å². The van der Waals surface area contributed by atoms with Crippen molar-refractivity contribution in [3.05, 3.63) is 108 Å². The summed E-state index contributed by atoms with van der Waals surface area (Å²) < 4.78 is 26.9. The molecule has 0 aromatic heterocycles. The molecule has 1 unspecified atom stereocenters. The van der Waals surface area contributed by atoms with Gasteiger partial charge in [0.2, 0.25) is 0 Å². The molecule has 3 aromatic carbocycles. The topological polar surface area (TPSA) is 114 Å². The minimum absolute atomic E-state index is 0.215. The zero-order valence-electron chi connectivity index (χ0n) is 24.0. The summed E-state index contributed by atoms with van der Waals surface area (Å²) in [6, 6.07) is 16.3. The predicted molar refractivity (Wildman–Crippen MR) is 164 cm³/mol. The third-order valence-corrected chi connectivity index (χ3v) is 7.08. The fraction of sp³-hybridized carbons (Fsp3) is 0.235. The Labute approximate surface area is 260 Å². The minimum Gasteiger partial charge on any atom is -0.494 e. The molecule has 44 heavy (non-hydrogen) atoms. The number of benzene rings is 3. The van der Waals surface area contributed by atoms with Crippen LogP contribution in [0.4, 0.5) is 0 Å². The molecule has 0 aliphatic heterocycles. The molecule has 1 atom stereocenters. The molecule has 0 radical (unpaired) electrons. The Bertz CT molecular complexity index is 1540. The van der Waals surface area contributed by atoms with E-state index in [-0.39, 0.29) is 17.6 Å². The van der Waals surface area contributed by atoms with E-state index in [1.165, 1.54) is 18.2 Å². The van der Waals surface area contributed by atoms with E-state index in [1.54, 1.807) is 36.4 Å². The lowest BCUT2D eigenvalue weighted by molar-refractivity contribution is -0.143. The van der Waals surface area contributed by atoms with Crippen LogP contribution in [0.5, 0.6) is 17.2 Å². The first-order valence-corrected chi connectivity index (χ1v) is 14.4. The molecule has 0 N–H and O–H groups in total. The number of ether oxygens (including phenoxy) is 5. The van der Waals surface area contributed by atoms with Gasteiger partial charge < -0.3 is 23.7 Å². The van der Waals surface area contributed by atoms with Crippen molar-refractivity contribution in [3.8, 4) is 17.2 Å². The highest BCUT2D eigenvalue weighted by atomic mass is 32.1. The molecule has 4 rings (SSSR count). The van der Waals surface area contributed by atoms with Gasteiger partial charge in [0.25, 0.3) is 0 Å². The number of hydrogen-bond acceptors (Lipinski definition) is 10. The highest BCUT2D eigenvalue weighted by Gasteiger charge is 2.23. The van der Waals surface area contributed by atoms with Crippen molar-refractivity contribution >= 4 is 36.5 Å². The molecule has 1 aliphatic rings. The molecular formula is C34H32O9S. The van der Waals surface area contributed by atoms with Gasteiger partial charge in [-0.25, -0.2) is 19.2 Å². The Morgan fingerprint density at radius 3 is 2.18 bits per heavy atom. The molecule has 0 heterocycles. The summed E-state index contributed by atoms with van der Waals surface area (Å²) in [5, 5.41) is 0. The Morgan fingerprint density at radius 2 is 1.45 bits per heavy atom. The number of thiol groups is 1. The van der Waals surface area contributed by atoms with Gasteiger partial charge in [-0.3, -0.25) is 0 Å². The van der Waals surface area contributed by atoms with Crippen molar-refractivity contribution in [2.45, 2.75) is 43.1 Å². The van der Waals surface area contributed by atoms with Crippen molar-refractivity contribution in [3.63, 3.8) is 0 Å². The summed E-state index contributed by atoms with van der Waals surface area (Å²) in [7, 11) is 0. The number of carbonyl (C=O) groups is 4. The zero-order chi connectivity index (χ0) is 31.5. The first kappa shape index (κ1) is 32.1. The van der Waals surface area contributed by atoms with Crippen LogP contribution >= 0.6 is 12.6 Å². The molecule has 9 nitrogen and oxygen atoms in total. The first-order valence-electron chi connectivity index (χ1n) is 14.0. The van der Waals surface area contributed by atoms with Crippen LogP contribution in [0.15, 0.2) is 90.9 Å². The predicted octanol–water partition coefficient (Wildman–Crippen LogP) is 5.89. The maximum Gasteiger partial charge on any atom is 0.343 e. The lowest BCUT2D eigenvalue weighted by Gasteiger charge is -2.24. The van der Waals surface area contributed by atoms with Crippen molar-refractivity contribution in [2.75, 3.05) is 13.2 Å². The van der Waals surface area contributed by atoms with Crippen molar-refractivity contribution in [2.24, 2.45) is 0 Å². The molecule has 3 aromatic rings. The van der Waals surface area contributed by atoms with Gasteiger partial charge >= 0.3 is 23.9 Å². The molecule has 0 spiro atoms. The summed E-state index contributed by atoms with van der Waals surface area (Å²) in [5.41, 5.74) is 2.72. The smallest absolute Gasteiger partial charge is 0.343 e. The highest BCUT2D eigenvalue weighted by molar-refractivity contribution is 7.80. The molecule has 0 saturated carbocycles. The fourth-order valence-electron chi connectivity index (χ4n) is 4.45. The Kier molecular flexibility index (Phi) is 11.4. The second-order valence-electron chi connectivity index (χ2n) is 9.85. The summed E-state index contributed by atoms with van der Waals surface area (Å²) >= 11 is 4.41. The van der Waals surface area contributed by atoms with Crippen LogP contribution in [0.3, 0.4) is 0 Å². The SMILES string of the molecule is C=CC(=O)OCCCCOc1ccc(C(=O)Oc2ccc(OC(=O)c3ccc4c(c3)CCC(OC(=O)C=C)C4)c(S)c2)cc1. The summed E-state index contributed by atoms with van der Waals surface area (Å²) in [5.74, 6) is -0.986. The number of carbonyl (C=O) groups excluding carboxylic acids is 4. The number of aryl methyl sites for hydroxylation is 1. The van der Waals surface area contributed by atoms with Crippen LogP contribution in [-0.4, -0.2) is 43.2 Å². The third-order valence-electron chi connectivity index (χ3n) is 6.73. The number of rotatable bonds is 13. The van der Waals surface area contributed by atoms with E-state index in [4.69, 9.17) is 23.7 Å². The van der Waals surface area contributed by atoms with Crippen molar-refractivity contribution in [1.82, 2.24) is 0 Å². The van der Waals surface area contributed by atoms with E-state index in [2.05, 4.69) is 25.8 Å². The normalized spacial score (nSPS) is 13.5. The largest absolute Gasteiger partial charge is 0.494 e. The first-order chi connectivity index (χ1) is 21.2. The van der Waals surface area contributed by atoms with Gasteiger partial charge in [-0.2, -0.15) is 0 Å². The maximum atomic E-state index is 12.9. The Balaban J connectivity index is 1.26. The number of hydrogen-bond donors (Lipinski definition) is 1. The standard InChI is InChI=1S/C34H32O9S/c1-3-31(35)40-18-6-5-17-39-26-12-9-22(10-13-26)33(37)42-28-15-16-29(30(44)21-28)43-34(38)25-8-7-24-20-27(41-32(36)4-2)14-11-23(24)19-25/h3-4,7-10,12-13,15-16,19,21,27,44H,1-2,5-6,11,14,17-18,20H2. The van der Waals surface area contributed by atoms with E-state index in [0.29, 0.717) is 67.1 Å². The molecular weight excluding hydrogens is 584 g/mol. The maximum absolute atomic E-state index is 12.9. The van der Waals surface area contributed by atoms with Gasteiger partial charge in [-0.05, 0) is 91.4 Å². The monoisotopic (exact) mass is 616 g/mol. The second-order valence-corrected chi connectivity index (χ2v) is 10.3.